The molecule has 18 heavy (non-hydrogen) atoms. The van der Waals surface area contributed by atoms with Crippen molar-refractivity contribution in [2.75, 3.05) is 6.54 Å². The van der Waals surface area contributed by atoms with E-state index in [1.54, 1.807) is 29.1 Å². The summed E-state index contributed by atoms with van der Waals surface area (Å²) in [6.45, 7) is 0.540. The molecule has 0 aliphatic heterocycles. The molecule has 1 N–H and O–H groups in total. The minimum Gasteiger partial charge on any atom is -0.350 e. The van der Waals surface area contributed by atoms with Crippen molar-refractivity contribution in [3.8, 4) is 0 Å². The second kappa shape index (κ2) is 5.64. The highest BCUT2D eigenvalue weighted by molar-refractivity contribution is 6.29. The first kappa shape index (κ1) is 12.6. The normalized spacial score (nSPS) is 10.3. The molecule has 0 aliphatic rings. The first-order valence-electron chi connectivity index (χ1n) is 5.53. The number of nitrogens with zero attached hydrogens (tertiary/aromatic N) is 3. The number of carbonyl (C=O) groups excluding carboxylic acids is 1. The molecule has 0 fully saturated rings. The van der Waals surface area contributed by atoms with Gasteiger partial charge in [-0.25, -0.2) is 4.98 Å². The molecule has 1 amide bonds. The molecule has 94 valence electrons. The van der Waals surface area contributed by atoms with E-state index in [1.807, 2.05) is 13.2 Å². The van der Waals surface area contributed by atoms with Gasteiger partial charge in [0.15, 0.2) is 0 Å². The van der Waals surface area contributed by atoms with E-state index in [2.05, 4.69) is 15.4 Å². The Kier molecular flexibility index (Phi) is 3.94. The quantitative estimate of drug-likeness (QED) is 0.850. The van der Waals surface area contributed by atoms with Gasteiger partial charge in [0, 0.05) is 19.8 Å². The van der Waals surface area contributed by atoms with E-state index in [4.69, 9.17) is 11.6 Å². The van der Waals surface area contributed by atoms with Crippen LogP contribution < -0.4 is 5.32 Å². The summed E-state index contributed by atoms with van der Waals surface area (Å²) in [5, 5.41) is 7.16. The lowest BCUT2D eigenvalue weighted by atomic mass is 10.2. The molecule has 0 saturated carbocycles. The minimum absolute atomic E-state index is 0.221. The maximum Gasteiger partial charge on any atom is 0.269 e. The summed E-state index contributed by atoms with van der Waals surface area (Å²) in [5.41, 5.74) is 1.41. The highest BCUT2D eigenvalue weighted by Crippen LogP contribution is 2.04. The summed E-state index contributed by atoms with van der Waals surface area (Å²) in [7, 11) is 1.86. The van der Waals surface area contributed by atoms with Gasteiger partial charge in [-0.1, -0.05) is 17.7 Å². The lowest BCUT2D eigenvalue weighted by molar-refractivity contribution is 0.0949. The van der Waals surface area contributed by atoms with Crippen LogP contribution in [0.15, 0.2) is 30.6 Å². The fraction of sp³-hybridized carbons (Fsp3) is 0.250. The number of hydrogen-bond donors (Lipinski definition) is 1. The Balaban J connectivity index is 1.85. The Morgan fingerprint density at radius 3 is 3.00 bits per heavy atom. The molecule has 0 aliphatic carbocycles. The monoisotopic (exact) mass is 264 g/mol. The number of aryl methyl sites for hydroxylation is 1. The van der Waals surface area contributed by atoms with Gasteiger partial charge >= 0.3 is 0 Å². The molecule has 2 aromatic heterocycles. The van der Waals surface area contributed by atoms with Gasteiger partial charge in [0.2, 0.25) is 0 Å². The summed E-state index contributed by atoms with van der Waals surface area (Å²) in [4.78, 5) is 15.7. The van der Waals surface area contributed by atoms with Crippen LogP contribution in [0.5, 0.6) is 0 Å². The molecule has 2 rings (SSSR count). The van der Waals surface area contributed by atoms with Crippen LogP contribution in [-0.2, 0) is 13.5 Å². The molecular formula is C12H13ClN4O. The second-order valence-corrected chi connectivity index (χ2v) is 4.26. The Bertz CT molecular complexity index is 553. The molecule has 0 bridgehead atoms. The third-order valence-electron chi connectivity index (χ3n) is 2.41. The highest BCUT2D eigenvalue weighted by Gasteiger charge is 2.06. The third kappa shape index (κ3) is 3.30. The molecule has 0 radical (unpaired) electrons. The molecule has 0 atom stereocenters. The van der Waals surface area contributed by atoms with Gasteiger partial charge < -0.3 is 5.32 Å². The molecule has 5 nitrogen and oxygen atoms in total. The van der Waals surface area contributed by atoms with E-state index >= 15 is 0 Å². The van der Waals surface area contributed by atoms with Gasteiger partial charge in [-0.3, -0.25) is 9.48 Å². The van der Waals surface area contributed by atoms with Crippen LogP contribution in [-0.4, -0.2) is 27.2 Å². The Labute approximate surface area is 110 Å². The first-order chi connectivity index (χ1) is 8.65. The number of hydrogen-bond acceptors (Lipinski definition) is 3. The van der Waals surface area contributed by atoms with E-state index in [-0.39, 0.29) is 5.91 Å². The highest BCUT2D eigenvalue weighted by atomic mass is 35.5. The number of rotatable bonds is 4. The predicted octanol–water partition coefficient (Wildman–Crippen LogP) is 1.44. The SMILES string of the molecule is Cn1cc(CCNC(=O)c2cccc(Cl)n2)cn1. The van der Waals surface area contributed by atoms with Gasteiger partial charge in [0.1, 0.15) is 10.8 Å². The summed E-state index contributed by atoms with van der Waals surface area (Å²) in [5.74, 6) is -0.221. The number of amides is 1. The van der Waals surface area contributed by atoms with Crippen molar-refractivity contribution in [2.24, 2.45) is 7.05 Å². The van der Waals surface area contributed by atoms with Crippen molar-refractivity contribution in [2.45, 2.75) is 6.42 Å². The smallest absolute Gasteiger partial charge is 0.269 e. The van der Waals surface area contributed by atoms with Crippen molar-refractivity contribution >= 4 is 17.5 Å². The zero-order valence-corrected chi connectivity index (χ0v) is 10.7. The number of halogens is 1. The number of carbonyl (C=O) groups is 1. The minimum atomic E-state index is -0.221. The van der Waals surface area contributed by atoms with Crippen molar-refractivity contribution in [3.05, 3.63) is 47.0 Å². The number of aromatic nitrogens is 3. The average Bonchev–Trinajstić information content (AvgIpc) is 2.75. The molecule has 0 unspecified atom stereocenters. The molecule has 0 spiro atoms. The molecule has 2 heterocycles. The van der Waals surface area contributed by atoms with Crippen LogP contribution in [0.3, 0.4) is 0 Å². The molecule has 2 aromatic rings. The maximum atomic E-state index is 11.7. The van der Waals surface area contributed by atoms with Gasteiger partial charge in [-0.2, -0.15) is 5.10 Å². The van der Waals surface area contributed by atoms with Crippen LogP contribution in [0.2, 0.25) is 5.15 Å². The first-order valence-corrected chi connectivity index (χ1v) is 5.91. The van der Waals surface area contributed by atoms with E-state index in [0.29, 0.717) is 17.4 Å². The predicted molar refractivity (Wildman–Crippen MR) is 68.5 cm³/mol. The van der Waals surface area contributed by atoms with Crippen molar-refractivity contribution in [3.63, 3.8) is 0 Å². The topological polar surface area (TPSA) is 59.8 Å². The molecule has 6 heteroatoms. The van der Waals surface area contributed by atoms with E-state index in [9.17, 15) is 4.79 Å². The largest absolute Gasteiger partial charge is 0.350 e. The van der Waals surface area contributed by atoms with E-state index in [0.717, 1.165) is 12.0 Å². The average molecular weight is 265 g/mol. The second-order valence-electron chi connectivity index (χ2n) is 3.87. The van der Waals surface area contributed by atoms with Crippen LogP contribution in [0.4, 0.5) is 0 Å². The van der Waals surface area contributed by atoms with Crippen molar-refractivity contribution in [1.82, 2.24) is 20.1 Å². The van der Waals surface area contributed by atoms with Crippen LogP contribution in [0, 0.1) is 0 Å². The number of nitrogens with one attached hydrogen (secondary N) is 1. The van der Waals surface area contributed by atoms with Crippen molar-refractivity contribution in [1.29, 1.82) is 0 Å². The van der Waals surface area contributed by atoms with Crippen LogP contribution >= 0.6 is 11.6 Å². The van der Waals surface area contributed by atoms with Crippen LogP contribution in [0.25, 0.3) is 0 Å². The molecule has 0 aromatic carbocycles. The Morgan fingerprint density at radius 2 is 2.33 bits per heavy atom. The van der Waals surface area contributed by atoms with E-state index in [1.165, 1.54) is 0 Å². The van der Waals surface area contributed by atoms with E-state index < -0.39 is 0 Å². The zero-order chi connectivity index (χ0) is 13.0. The summed E-state index contributed by atoms with van der Waals surface area (Å²) in [6, 6.07) is 4.96. The lowest BCUT2D eigenvalue weighted by Crippen LogP contribution is -2.26. The lowest BCUT2D eigenvalue weighted by Gasteiger charge is -2.03. The molecular weight excluding hydrogens is 252 g/mol. The fourth-order valence-electron chi connectivity index (χ4n) is 1.55. The van der Waals surface area contributed by atoms with Crippen LogP contribution in [0.1, 0.15) is 16.1 Å². The summed E-state index contributed by atoms with van der Waals surface area (Å²) < 4.78 is 1.73. The molecule has 0 saturated heterocycles. The third-order valence-corrected chi connectivity index (χ3v) is 2.62. The maximum absolute atomic E-state index is 11.7. The standard InChI is InChI=1S/C12H13ClN4O/c1-17-8-9(7-15-17)5-6-14-12(18)10-3-2-4-11(13)16-10/h2-4,7-8H,5-6H2,1H3,(H,14,18). The summed E-state index contributed by atoms with van der Waals surface area (Å²) in [6.07, 6.45) is 4.44. The Morgan fingerprint density at radius 1 is 1.50 bits per heavy atom. The van der Waals surface area contributed by atoms with Gasteiger partial charge in [0.05, 0.1) is 6.20 Å². The summed E-state index contributed by atoms with van der Waals surface area (Å²) >= 11 is 5.72. The van der Waals surface area contributed by atoms with Crippen molar-refractivity contribution < 1.29 is 4.79 Å². The van der Waals surface area contributed by atoms with Gasteiger partial charge in [-0.05, 0) is 24.1 Å². The Hall–Kier alpha value is -1.88. The van der Waals surface area contributed by atoms with Gasteiger partial charge in [0.25, 0.3) is 5.91 Å². The zero-order valence-electron chi connectivity index (χ0n) is 9.93. The fourth-order valence-corrected chi connectivity index (χ4v) is 1.71. The number of pyridine rings is 1. The van der Waals surface area contributed by atoms with Gasteiger partial charge in [-0.15, -0.1) is 0 Å².